The van der Waals surface area contributed by atoms with Gasteiger partial charge in [0.15, 0.2) is 5.96 Å². The molecule has 2 aromatic rings. The molecule has 12 nitrogen and oxygen atoms in total. The molecular weight excluding hydrogens is 451 g/mol. The van der Waals surface area contributed by atoms with E-state index in [9.17, 15) is 22.8 Å². The van der Waals surface area contributed by atoms with Crippen LogP contribution in [0.25, 0.3) is 0 Å². The Kier molecular flexibility index (Phi) is 8.59. The van der Waals surface area contributed by atoms with Crippen molar-refractivity contribution in [2.75, 3.05) is 18.5 Å². The Morgan fingerprint density at radius 2 is 2.03 bits per heavy atom. The zero-order valence-electron chi connectivity index (χ0n) is 17.0. The third-order valence-electron chi connectivity index (χ3n) is 3.34. The highest BCUT2D eigenvalue weighted by molar-refractivity contribution is 5.92. The number of carbonyl (C=O) groups excluding carboxylic acids is 1. The smallest absolute Gasteiger partial charge is 0.408 e. The number of nitrogens with two attached hydrogens (primary N) is 1. The number of hydrogen-bond acceptors (Lipinski definition) is 9. The van der Waals surface area contributed by atoms with Gasteiger partial charge in [0, 0.05) is 30.8 Å². The fourth-order valence-electron chi connectivity index (χ4n) is 2.13. The zero-order chi connectivity index (χ0) is 24.4. The zero-order valence-corrected chi connectivity index (χ0v) is 17.0. The molecule has 2 heterocycles. The molecule has 0 fully saturated rings. The molecule has 0 aromatic carbocycles. The molecule has 0 radical (unpaired) electrons. The van der Waals surface area contributed by atoms with Crippen LogP contribution < -0.4 is 20.5 Å². The van der Waals surface area contributed by atoms with Crippen LogP contribution in [0.3, 0.4) is 0 Å². The summed E-state index contributed by atoms with van der Waals surface area (Å²) in [6.45, 7) is 0.174. The number of aliphatic carboxylic acids is 1. The van der Waals surface area contributed by atoms with Crippen LogP contribution in [0.1, 0.15) is 11.5 Å². The molecule has 0 unspecified atom stereocenters. The summed E-state index contributed by atoms with van der Waals surface area (Å²) in [5.41, 5.74) is 5.84. The highest BCUT2D eigenvalue weighted by atomic mass is 19.4. The molecule has 15 heteroatoms. The number of carboxylic acids is 1. The molecule has 2 rings (SSSR count). The van der Waals surface area contributed by atoms with Crippen molar-refractivity contribution >= 4 is 23.7 Å². The Morgan fingerprint density at radius 3 is 2.73 bits per heavy atom. The van der Waals surface area contributed by atoms with E-state index in [1.807, 2.05) is 0 Å². The lowest BCUT2D eigenvalue weighted by atomic mass is 10.3. The maximum absolute atomic E-state index is 12.2. The molecule has 0 spiro atoms. The summed E-state index contributed by atoms with van der Waals surface area (Å²) in [4.78, 5) is 41.1. The van der Waals surface area contributed by atoms with E-state index in [0.29, 0.717) is 17.6 Å². The average Bonchev–Trinajstić information content (AvgIpc) is 2.70. The number of guanidine groups is 1. The molecule has 4 N–H and O–H groups in total. The van der Waals surface area contributed by atoms with Crippen LogP contribution >= 0.6 is 0 Å². The number of aromatic nitrogens is 4. The Labute approximate surface area is 184 Å². The van der Waals surface area contributed by atoms with Crippen LogP contribution in [0.5, 0.6) is 11.9 Å². The van der Waals surface area contributed by atoms with E-state index >= 15 is 0 Å². The van der Waals surface area contributed by atoms with Crippen molar-refractivity contribution in [3.05, 3.63) is 42.0 Å². The van der Waals surface area contributed by atoms with Crippen LogP contribution in [0.15, 0.2) is 35.5 Å². The SMILES string of the molecule is Cc1nc(CCOc2nccc(NC(N)=NCC(F)(F)F)n2)cc(OC(=O)/C=C\C(=O)O)n1. The van der Waals surface area contributed by atoms with Crippen molar-refractivity contribution in [1.29, 1.82) is 0 Å². The fourth-order valence-corrected chi connectivity index (χ4v) is 2.13. The van der Waals surface area contributed by atoms with Gasteiger partial charge in [-0.05, 0) is 13.0 Å². The number of esters is 1. The Bertz CT molecular complexity index is 1060. The summed E-state index contributed by atoms with van der Waals surface area (Å²) in [5, 5.41) is 10.9. The van der Waals surface area contributed by atoms with E-state index in [1.165, 1.54) is 18.3 Å². The fraction of sp³-hybridized carbons (Fsp3) is 0.278. The summed E-state index contributed by atoms with van der Waals surface area (Å²) in [5.74, 6) is -2.41. The number of nitrogens with zero attached hydrogens (tertiary/aromatic N) is 5. The number of rotatable bonds is 9. The number of alkyl halides is 3. The van der Waals surface area contributed by atoms with Gasteiger partial charge in [-0.25, -0.2) is 24.5 Å². The second-order valence-corrected chi connectivity index (χ2v) is 6.10. The van der Waals surface area contributed by atoms with Gasteiger partial charge in [0.05, 0.1) is 12.3 Å². The predicted octanol–water partition coefficient (Wildman–Crippen LogP) is 1.03. The first-order valence-corrected chi connectivity index (χ1v) is 9.07. The summed E-state index contributed by atoms with van der Waals surface area (Å²) < 4.78 is 46.9. The quantitative estimate of drug-likeness (QED) is 0.207. The molecule has 0 bridgehead atoms. The first-order chi connectivity index (χ1) is 15.5. The first-order valence-electron chi connectivity index (χ1n) is 9.07. The average molecular weight is 469 g/mol. The Hall–Kier alpha value is -4.30. The molecule has 2 aromatic heterocycles. The minimum atomic E-state index is -4.49. The van der Waals surface area contributed by atoms with E-state index in [-0.39, 0.29) is 30.7 Å². The summed E-state index contributed by atoms with van der Waals surface area (Å²) >= 11 is 0. The van der Waals surface area contributed by atoms with Crippen molar-refractivity contribution < 1.29 is 37.3 Å². The van der Waals surface area contributed by atoms with Gasteiger partial charge in [0.2, 0.25) is 5.88 Å². The molecule has 0 atom stereocenters. The molecule has 0 saturated carbocycles. The van der Waals surface area contributed by atoms with Gasteiger partial charge in [0.1, 0.15) is 18.2 Å². The summed E-state index contributed by atoms with van der Waals surface area (Å²) in [6.07, 6.45) is -1.59. The Balaban J connectivity index is 1.93. The molecule has 176 valence electrons. The van der Waals surface area contributed by atoms with Crippen molar-refractivity contribution in [3.63, 3.8) is 0 Å². The lowest BCUT2D eigenvalue weighted by Gasteiger charge is -2.09. The lowest BCUT2D eigenvalue weighted by Crippen LogP contribution is -2.26. The highest BCUT2D eigenvalue weighted by Crippen LogP contribution is 2.15. The van der Waals surface area contributed by atoms with Crippen LogP contribution in [-0.2, 0) is 16.0 Å². The number of anilines is 1. The second-order valence-electron chi connectivity index (χ2n) is 6.10. The van der Waals surface area contributed by atoms with Crippen molar-refractivity contribution in [2.45, 2.75) is 19.5 Å². The third kappa shape index (κ3) is 10.0. The maximum atomic E-state index is 12.2. The number of ether oxygens (including phenoxy) is 2. The van der Waals surface area contributed by atoms with Crippen LogP contribution in [0.2, 0.25) is 0 Å². The van der Waals surface area contributed by atoms with Crippen molar-refractivity contribution in [2.24, 2.45) is 10.7 Å². The number of aliphatic imine (C=N–C) groups is 1. The van der Waals surface area contributed by atoms with E-state index in [4.69, 9.17) is 20.3 Å². The van der Waals surface area contributed by atoms with Gasteiger partial charge in [-0.2, -0.15) is 23.1 Å². The first kappa shape index (κ1) is 25.0. The monoisotopic (exact) mass is 469 g/mol. The van der Waals surface area contributed by atoms with Crippen molar-refractivity contribution in [3.8, 4) is 11.9 Å². The predicted molar refractivity (Wildman–Crippen MR) is 107 cm³/mol. The number of hydrogen-bond donors (Lipinski definition) is 3. The number of halogens is 3. The maximum Gasteiger partial charge on any atom is 0.408 e. The molecule has 0 saturated heterocycles. The normalized spacial score (nSPS) is 11.9. The summed E-state index contributed by atoms with van der Waals surface area (Å²) in [7, 11) is 0. The molecule has 33 heavy (non-hydrogen) atoms. The number of nitrogens with one attached hydrogen (secondary N) is 1. The standard InChI is InChI=1S/C18H18F3N7O5/c1-10-25-11(8-13(26-10)33-15(31)3-2-14(29)30)5-7-32-17-23-6-4-12(28-17)27-16(22)24-9-18(19,20)21/h2-4,6,8H,5,7,9H2,1H3,(H,29,30)(H3,22,23,24,27,28)/b3-2-. The lowest BCUT2D eigenvalue weighted by molar-refractivity contribution is -0.133. The molecule has 0 amide bonds. The van der Waals surface area contributed by atoms with Gasteiger partial charge in [-0.1, -0.05) is 0 Å². The molecule has 0 aliphatic carbocycles. The van der Waals surface area contributed by atoms with E-state index < -0.39 is 30.6 Å². The Morgan fingerprint density at radius 1 is 1.27 bits per heavy atom. The van der Waals surface area contributed by atoms with Gasteiger partial charge < -0.3 is 25.6 Å². The van der Waals surface area contributed by atoms with Crippen LogP contribution in [0, 0.1) is 6.92 Å². The van der Waals surface area contributed by atoms with E-state index in [1.54, 1.807) is 6.92 Å². The molecular formula is C18H18F3N7O5. The third-order valence-corrected chi connectivity index (χ3v) is 3.34. The van der Waals surface area contributed by atoms with Gasteiger partial charge in [-0.15, -0.1) is 0 Å². The molecule has 0 aliphatic heterocycles. The molecule has 0 aliphatic rings. The largest absolute Gasteiger partial charge is 0.478 e. The van der Waals surface area contributed by atoms with E-state index in [2.05, 4.69) is 30.2 Å². The highest BCUT2D eigenvalue weighted by Gasteiger charge is 2.26. The van der Waals surface area contributed by atoms with Gasteiger partial charge >= 0.3 is 24.1 Å². The number of aryl methyl sites for hydroxylation is 1. The number of carbonyl (C=O) groups is 2. The van der Waals surface area contributed by atoms with Crippen molar-refractivity contribution in [1.82, 2.24) is 19.9 Å². The van der Waals surface area contributed by atoms with Crippen LogP contribution in [0.4, 0.5) is 19.0 Å². The second kappa shape index (κ2) is 11.4. The minimum Gasteiger partial charge on any atom is -0.478 e. The van der Waals surface area contributed by atoms with Gasteiger partial charge in [-0.3, -0.25) is 0 Å². The minimum absolute atomic E-state index is 0.0455. The summed E-state index contributed by atoms with van der Waals surface area (Å²) in [6, 6.07) is 2.65. The number of carboxylic acid groups (broad SMARTS) is 1. The van der Waals surface area contributed by atoms with Gasteiger partial charge in [0.25, 0.3) is 0 Å². The topological polar surface area (TPSA) is 175 Å². The van der Waals surface area contributed by atoms with E-state index in [0.717, 1.165) is 6.08 Å². The van der Waals surface area contributed by atoms with Crippen LogP contribution in [-0.4, -0.2) is 62.3 Å².